The molecule has 0 radical (unpaired) electrons. The zero-order chi connectivity index (χ0) is 17.2. The molecule has 1 fully saturated rings. The molecule has 0 bridgehead atoms. The highest BCUT2D eigenvalue weighted by Crippen LogP contribution is 2.21. The number of carbonyl (C=O) groups excluding carboxylic acids is 1. The summed E-state index contributed by atoms with van der Waals surface area (Å²) >= 11 is 0. The molecular formula is C16H26ClN3O3S. The van der Waals surface area contributed by atoms with Gasteiger partial charge in [0.1, 0.15) is 0 Å². The average Bonchev–Trinajstić information content (AvgIpc) is 3.02. The van der Waals surface area contributed by atoms with Gasteiger partial charge in [-0.2, -0.15) is 4.31 Å². The van der Waals surface area contributed by atoms with Crippen molar-refractivity contribution < 1.29 is 13.2 Å². The van der Waals surface area contributed by atoms with Crippen LogP contribution < -0.4 is 5.73 Å². The molecule has 1 aliphatic rings. The van der Waals surface area contributed by atoms with Crippen molar-refractivity contribution in [2.45, 2.75) is 31.2 Å². The molecule has 1 unspecified atom stereocenters. The largest absolute Gasteiger partial charge is 0.338 e. The average molecular weight is 376 g/mol. The number of amides is 1. The van der Waals surface area contributed by atoms with E-state index >= 15 is 0 Å². The van der Waals surface area contributed by atoms with Crippen molar-refractivity contribution in [3.05, 3.63) is 29.8 Å². The van der Waals surface area contributed by atoms with Gasteiger partial charge < -0.3 is 10.6 Å². The van der Waals surface area contributed by atoms with E-state index in [9.17, 15) is 13.2 Å². The van der Waals surface area contributed by atoms with E-state index in [1.165, 1.54) is 16.4 Å². The topological polar surface area (TPSA) is 83.7 Å². The first-order chi connectivity index (χ1) is 10.8. The fourth-order valence-corrected chi connectivity index (χ4v) is 4.04. The molecular weight excluding hydrogens is 350 g/mol. The summed E-state index contributed by atoms with van der Waals surface area (Å²) in [6.07, 6.45) is 0.899. The van der Waals surface area contributed by atoms with E-state index in [2.05, 4.69) is 0 Å². The molecule has 2 rings (SSSR count). The summed E-state index contributed by atoms with van der Waals surface area (Å²) in [6, 6.07) is 6.12. The predicted octanol–water partition coefficient (Wildman–Crippen LogP) is 1.56. The van der Waals surface area contributed by atoms with E-state index in [4.69, 9.17) is 5.73 Å². The van der Waals surface area contributed by atoms with Crippen molar-refractivity contribution in [2.24, 2.45) is 11.7 Å². The molecule has 0 aromatic heterocycles. The number of rotatable bonds is 5. The Morgan fingerprint density at radius 2 is 2.08 bits per heavy atom. The quantitative estimate of drug-likeness (QED) is 0.846. The van der Waals surface area contributed by atoms with Crippen LogP contribution in [-0.4, -0.2) is 56.3 Å². The number of carbonyl (C=O) groups is 1. The normalized spacial score (nSPS) is 18.1. The molecule has 0 saturated carbocycles. The first kappa shape index (κ1) is 20.9. The van der Waals surface area contributed by atoms with Crippen molar-refractivity contribution in [3.8, 4) is 0 Å². The number of hydrogen-bond acceptors (Lipinski definition) is 4. The van der Waals surface area contributed by atoms with Gasteiger partial charge in [0.2, 0.25) is 10.0 Å². The number of benzene rings is 1. The highest BCUT2D eigenvalue weighted by atomic mass is 35.5. The Hall–Kier alpha value is -1.15. The molecule has 8 heteroatoms. The van der Waals surface area contributed by atoms with Crippen LogP contribution in [0.1, 0.15) is 30.6 Å². The smallest absolute Gasteiger partial charge is 0.253 e. The second kappa shape index (κ2) is 8.29. The van der Waals surface area contributed by atoms with Crippen molar-refractivity contribution in [3.63, 3.8) is 0 Å². The molecule has 1 saturated heterocycles. The maximum absolute atomic E-state index is 12.6. The number of sulfonamides is 1. The summed E-state index contributed by atoms with van der Waals surface area (Å²) in [5, 5.41) is 0. The third kappa shape index (κ3) is 4.27. The van der Waals surface area contributed by atoms with Gasteiger partial charge in [0.05, 0.1) is 4.90 Å². The van der Waals surface area contributed by atoms with Gasteiger partial charge in [-0.1, -0.05) is 6.07 Å². The molecule has 1 amide bonds. The molecule has 1 aromatic carbocycles. The summed E-state index contributed by atoms with van der Waals surface area (Å²) in [5.41, 5.74) is 6.06. The molecule has 1 aliphatic heterocycles. The van der Waals surface area contributed by atoms with Crippen LogP contribution in [0.4, 0.5) is 0 Å². The molecule has 6 nitrogen and oxygen atoms in total. The highest BCUT2D eigenvalue weighted by molar-refractivity contribution is 7.89. The molecule has 136 valence electrons. The Balaban J connectivity index is 0.00000288. The van der Waals surface area contributed by atoms with Gasteiger partial charge in [-0.15, -0.1) is 12.4 Å². The SMILES string of the molecule is CC(C)N(C)S(=O)(=O)c1cccc(C(=O)N2CCC(CN)C2)c1.Cl. The maximum Gasteiger partial charge on any atom is 0.253 e. The van der Waals surface area contributed by atoms with Crippen LogP contribution in [0.5, 0.6) is 0 Å². The zero-order valence-electron chi connectivity index (χ0n) is 14.3. The van der Waals surface area contributed by atoms with E-state index < -0.39 is 10.0 Å². The van der Waals surface area contributed by atoms with Gasteiger partial charge in [0.15, 0.2) is 0 Å². The number of nitrogens with two attached hydrogens (primary N) is 1. The third-order valence-corrected chi connectivity index (χ3v) is 6.42. The number of likely N-dealkylation sites (tertiary alicyclic amines) is 1. The Morgan fingerprint density at radius 3 is 2.62 bits per heavy atom. The van der Waals surface area contributed by atoms with E-state index in [-0.39, 0.29) is 29.3 Å². The zero-order valence-corrected chi connectivity index (χ0v) is 15.9. The lowest BCUT2D eigenvalue weighted by Crippen LogP contribution is -2.33. The van der Waals surface area contributed by atoms with Crippen LogP contribution >= 0.6 is 12.4 Å². The molecule has 1 atom stereocenters. The van der Waals surface area contributed by atoms with E-state index in [1.54, 1.807) is 24.1 Å². The van der Waals surface area contributed by atoms with Gasteiger partial charge in [-0.05, 0) is 50.9 Å². The number of hydrogen-bond donors (Lipinski definition) is 1. The van der Waals surface area contributed by atoms with Crippen LogP contribution in [0.25, 0.3) is 0 Å². The first-order valence-electron chi connectivity index (χ1n) is 7.84. The number of halogens is 1. The second-order valence-electron chi connectivity index (χ2n) is 6.28. The highest BCUT2D eigenvalue weighted by Gasteiger charge is 2.28. The van der Waals surface area contributed by atoms with E-state index in [0.717, 1.165) is 6.42 Å². The van der Waals surface area contributed by atoms with Crippen LogP contribution in [0.2, 0.25) is 0 Å². The second-order valence-corrected chi connectivity index (χ2v) is 8.28. The van der Waals surface area contributed by atoms with Crippen molar-refractivity contribution in [1.82, 2.24) is 9.21 Å². The molecule has 0 spiro atoms. The summed E-state index contributed by atoms with van der Waals surface area (Å²) < 4.78 is 26.4. The molecule has 0 aliphatic carbocycles. The third-order valence-electron chi connectivity index (χ3n) is 4.39. The van der Waals surface area contributed by atoms with Gasteiger partial charge in [-0.25, -0.2) is 8.42 Å². The standard InChI is InChI=1S/C16H25N3O3S.ClH/c1-12(2)18(3)23(21,22)15-6-4-5-14(9-15)16(20)19-8-7-13(10-17)11-19;/h4-6,9,12-13H,7-8,10-11,17H2,1-3H3;1H. The van der Waals surface area contributed by atoms with E-state index in [1.807, 2.05) is 13.8 Å². The van der Waals surface area contributed by atoms with Crippen LogP contribution in [-0.2, 0) is 10.0 Å². The Morgan fingerprint density at radius 1 is 1.42 bits per heavy atom. The fraction of sp³-hybridized carbons (Fsp3) is 0.562. The van der Waals surface area contributed by atoms with E-state index in [0.29, 0.717) is 31.1 Å². The van der Waals surface area contributed by atoms with Crippen molar-refractivity contribution in [2.75, 3.05) is 26.7 Å². The lowest BCUT2D eigenvalue weighted by atomic mass is 10.1. The first-order valence-corrected chi connectivity index (χ1v) is 9.28. The van der Waals surface area contributed by atoms with Crippen LogP contribution in [0.3, 0.4) is 0 Å². The molecule has 1 aromatic rings. The van der Waals surface area contributed by atoms with Crippen molar-refractivity contribution in [1.29, 1.82) is 0 Å². The predicted molar refractivity (Wildman–Crippen MR) is 96.8 cm³/mol. The van der Waals surface area contributed by atoms with Gasteiger partial charge in [0.25, 0.3) is 5.91 Å². The van der Waals surface area contributed by atoms with Crippen LogP contribution in [0.15, 0.2) is 29.2 Å². The minimum absolute atomic E-state index is 0. The van der Waals surface area contributed by atoms with Crippen molar-refractivity contribution >= 4 is 28.3 Å². The Labute approximate surface area is 150 Å². The Bertz CT molecular complexity index is 679. The fourth-order valence-electron chi connectivity index (χ4n) is 2.63. The minimum atomic E-state index is -3.59. The monoisotopic (exact) mass is 375 g/mol. The summed E-state index contributed by atoms with van der Waals surface area (Å²) in [5.74, 6) is 0.197. The summed E-state index contributed by atoms with van der Waals surface area (Å²) in [6.45, 7) is 5.49. The van der Waals surface area contributed by atoms with Gasteiger partial charge in [0, 0.05) is 31.7 Å². The molecule has 2 N–H and O–H groups in total. The van der Waals surface area contributed by atoms with Gasteiger partial charge in [-0.3, -0.25) is 4.79 Å². The minimum Gasteiger partial charge on any atom is -0.338 e. The number of nitrogens with zero attached hydrogens (tertiary/aromatic N) is 2. The lowest BCUT2D eigenvalue weighted by Gasteiger charge is -2.22. The molecule has 1 heterocycles. The molecule has 24 heavy (non-hydrogen) atoms. The lowest BCUT2D eigenvalue weighted by molar-refractivity contribution is 0.0787. The summed E-state index contributed by atoms with van der Waals surface area (Å²) in [7, 11) is -2.05. The maximum atomic E-state index is 12.6. The summed E-state index contributed by atoms with van der Waals surface area (Å²) in [4.78, 5) is 14.5. The van der Waals surface area contributed by atoms with Crippen LogP contribution in [0, 0.1) is 5.92 Å². The van der Waals surface area contributed by atoms with Gasteiger partial charge >= 0.3 is 0 Å². The Kier molecular flexibility index (Phi) is 7.22.